The number of nitrogens with zero attached hydrogens (tertiary/aromatic N) is 1. The Morgan fingerprint density at radius 2 is 2.00 bits per heavy atom. The minimum atomic E-state index is -0.217. The second-order valence-electron chi connectivity index (χ2n) is 5.64. The first-order chi connectivity index (χ1) is 8.75. The number of hydrogen-bond acceptors (Lipinski definition) is 4. The van der Waals surface area contributed by atoms with Crippen molar-refractivity contribution in [2.75, 3.05) is 13.1 Å². The number of imide groups is 1. The van der Waals surface area contributed by atoms with Gasteiger partial charge in [0, 0.05) is 12.1 Å². The molecule has 0 saturated carbocycles. The van der Waals surface area contributed by atoms with Gasteiger partial charge in [-0.2, -0.15) is 0 Å². The third kappa shape index (κ3) is 2.17. The lowest BCUT2D eigenvalue weighted by molar-refractivity contribution is -0.127. The summed E-state index contributed by atoms with van der Waals surface area (Å²) in [5, 5.41) is 5.98. The van der Waals surface area contributed by atoms with Crippen molar-refractivity contribution in [3.8, 4) is 0 Å². The fourth-order valence-corrected chi connectivity index (χ4v) is 3.65. The lowest BCUT2D eigenvalue weighted by Gasteiger charge is -2.41. The van der Waals surface area contributed by atoms with E-state index in [4.69, 9.17) is 0 Å². The quantitative estimate of drug-likeness (QED) is 0.679. The van der Waals surface area contributed by atoms with E-state index in [0.717, 1.165) is 25.9 Å². The fourth-order valence-electron chi connectivity index (χ4n) is 3.65. The minimum Gasteiger partial charge on any atom is -0.312 e. The molecule has 3 aliphatic heterocycles. The monoisotopic (exact) mass is 251 g/mol. The number of carbonyl (C=O) groups is 2. The van der Waals surface area contributed by atoms with Gasteiger partial charge in [0.1, 0.15) is 0 Å². The summed E-state index contributed by atoms with van der Waals surface area (Å²) in [7, 11) is 0. The lowest BCUT2D eigenvalue weighted by atomic mass is 9.92. The Balaban J connectivity index is 1.74. The van der Waals surface area contributed by atoms with Gasteiger partial charge in [-0.25, -0.2) is 0 Å². The fraction of sp³-hybridized carbons (Fsp3) is 0.846. The molecule has 5 nitrogen and oxygen atoms in total. The Labute approximate surface area is 107 Å². The van der Waals surface area contributed by atoms with Crippen LogP contribution in [0.1, 0.15) is 38.5 Å². The Hall–Kier alpha value is -0.940. The summed E-state index contributed by atoms with van der Waals surface area (Å²) in [6.45, 7) is 2.04. The number of likely N-dealkylation sites (tertiary alicyclic amines) is 1. The molecule has 0 aromatic heterocycles. The van der Waals surface area contributed by atoms with Crippen LogP contribution >= 0.6 is 0 Å². The maximum Gasteiger partial charge on any atom is 0.244 e. The lowest BCUT2D eigenvalue weighted by Crippen LogP contribution is -2.55. The molecule has 3 rings (SSSR count). The molecular weight excluding hydrogens is 230 g/mol. The van der Waals surface area contributed by atoms with E-state index in [-0.39, 0.29) is 17.9 Å². The van der Waals surface area contributed by atoms with Crippen molar-refractivity contribution in [3.05, 3.63) is 0 Å². The Bertz CT molecular complexity index is 352. The second kappa shape index (κ2) is 4.97. The highest BCUT2D eigenvalue weighted by atomic mass is 16.2. The van der Waals surface area contributed by atoms with Gasteiger partial charge < -0.3 is 5.32 Å². The number of hydrogen-bond donors (Lipinski definition) is 2. The van der Waals surface area contributed by atoms with Crippen LogP contribution in [0, 0.1) is 0 Å². The Morgan fingerprint density at radius 1 is 1.11 bits per heavy atom. The molecule has 0 aliphatic carbocycles. The number of rotatable bonds is 2. The van der Waals surface area contributed by atoms with Gasteiger partial charge in [-0.1, -0.05) is 6.42 Å². The molecule has 0 aromatic rings. The van der Waals surface area contributed by atoms with Crippen LogP contribution in [0.4, 0.5) is 0 Å². The highest BCUT2D eigenvalue weighted by Gasteiger charge is 2.42. The van der Waals surface area contributed by atoms with Crippen molar-refractivity contribution in [1.29, 1.82) is 0 Å². The number of piperidine rings is 1. The van der Waals surface area contributed by atoms with E-state index in [2.05, 4.69) is 15.5 Å². The van der Waals surface area contributed by atoms with Crippen molar-refractivity contribution in [3.63, 3.8) is 0 Å². The molecule has 3 fully saturated rings. The van der Waals surface area contributed by atoms with E-state index in [1.807, 2.05) is 0 Å². The number of amides is 2. The molecule has 3 saturated heterocycles. The summed E-state index contributed by atoms with van der Waals surface area (Å²) < 4.78 is 0. The second-order valence-corrected chi connectivity index (χ2v) is 5.64. The zero-order valence-electron chi connectivity index (χ0n) is 10.7. The van der Waals surface area contributed by atoms with Crippen LogP contribution in [-0.2, 0) is 9.59 Å². The SMILES string of the molecule is O=C1CC(N2CCCCC2C2CCCN2)C(=O)N1. The van der Waals surface area contributed by atoms with E-state index < -0.39 is 0 Å². The largest absolute Gasteiger partial charge is 0.312 e. The van der Waals surface area contributed by atoms with E-state index in [9.17, 15) is 9.59 Å². The van der Waals surface area contributed by atoms with Gasteiger partial charge in [0.05, 0.1) is 12.5 Å². The molecule has 3 aliphatic rings. The highest BCUT2D eigenvalue weighted by Crippen LogP contribution is 2.28. The average molecular weight is 251 g/mol. The van der Waals surface area contributed by atoms with Gasteiger partial charge in [0.2, 0.25) is 11.8 Å². The van der Waals surface area contributed by atoms with E-state index in [0.29, 0.717) is 18.5 Å². The summed E-state index contributed by atoms with van der Waals surface area (Å²) in [5.74, 6) is -0.210. The maximum absolute atomic E-state index is 11.9. The minimum absolute atomic E-state index is 0.0927. The van der Waals surface area contributed by atoms with Crippen molar-refractivity contribution in [2.45, 2.75) is 56.7 Å². The van der Waals surface area contributed by atoms with Crippen LogP contribution in [0.3, 0.4) is 0 Å². The smallest absolute Gasteiger partial charge is 0.244 e. The van der Waals surface area contributed by atoms with Crippen LogP contribution in [0.2, 0.25) is 0 Å². The van der Waals surface area contributed by atoms with Gasteiger partial charge in [0.15, 0.2) is 0 Å². The molecule has 3 heterocycles. The van der Waals surface area contributed by atoms with Gasteiger partial charge in [-0.05, 0) is 38.8 Å². The number of nitrogens with one attached hydrogen (secondary N) is 2. The van der Waals surface area contributed by atoms with E-state index in [1.54, 1.807) is 0 Å². The van der Waals surface area contributed by atoms with Crippen molar-refractivity contribution < 1.29 is 9.59 Å². The summed E-state index contributed by atoms with van der Waals surface area (Å²) in [4.78, 5) is 25.5. The van der Waals surface area contributed by atoms with Crippen LogP contribution in [0.15, 0.2) is 0 Å². The highest BCUT2D eigenvalue weighted by molar-refractivity contribution is 6.05. The standard InChI is InChI=1S/C13H21N3O2/c17-12-8-11(13(18)15-12)16-7-2-1-5-10(16)9-4-3-6-14-9/h9-11,14H,1-8H2,(H,15,17,18). The molecule has 5 heteroatoms. The molecule has 2 amide bonds. The van der Waals surface area contributed by atoms with Crippen molar-refractivity contribution >= 4 is 11.8 Å². The van der Waals surface area contributed by atoms with Gasteiger partial charge in [-0.15, -0.1) is 0 Å². The normalized spacial score (nSPS) is 38.1. The number of carbonyl (C=O) groups excluding carboxylic acids is 2. The third-order valence-corrected chi connectivity index (χ3v) is 4.50. The zero-order valence-corrected chi connectivity index (χ0v) is 10.7. The van der Waals surface area contributed by atoms with Crippen LogP contribution < -0.4 is 10.6 Å². The zero-order chi connectivity index (χ0) is 12.5. The van der Waals surface area contributed by atoms with Crippen LogP contribution in [0.5, 0.6) is 0 Å². The maximum atomic E-state index is 11.9. The summed E-state index contributed by atoms with van der Waals surface area (Å²) in [5.41, 5.74) is 0. The van der Waals surface area contributed by atoms with Crippen LogP contribution in [-0.4, -0.2) is 47.9 Å². The van der Waals surface area contributed by atoms with E-state index in [1.165, 1.54) is 19.3 Å². The predicted octanol–water partition coefficient (Wildman–Crippen LogP) is 0.00800. The Morgan fingerprint density at radius 3 is 2.67 bits per heavy atom. The first kappa shape index (κ1) is 12.1. The van der Waals surface area contributed by atoms with Gasteiger partial charge in [-0.3, -0.25) is 19.8 Å². The van der Waals surface area contributed by atoms with Crippen LogP contribution in [0.25, 0.3) is 0 Å². The van der Waals surface area contributed by atoms with Gasteiger partial charge >= 0.3 is 0 Å². The molecule has 18 heavy (non-hydrogen) atoms. The first-order valence-corrected chi connectivity index (χ1v) is 7.08. The predicted molar refractivity (Wildman–Crippen MR) is 66.9 cm³/mol. The molecule has 3 unspecified atom stereocenters. The topological polar surface area (TPSA) is 61.4 Å². The third-order valence-electron chi connectivity index (χ3n) is 4.50. The molecule has 0 bridgehead atoms. The van der Waals surface area contributed by atoms with Crippen molar-refractivity contribution in [1.82, 2.24) is 15.5 Å². The summed E-state index contributed by atoms with van der Waals surface area (Å²) in [6.07, 6.45) is 6.30. The molecule has 2 N–H and O–H groups in total. The average Bonchev–Trinajstić information content (AvgIpc) is 2.99. The molecule has 0 aromatic carbocycles. The molecule has 0 radical (unpaired) electrons. The summed E-state index contributed by atoms with van der Waals surface area (Å²) >= 11 is 0. The van der Waals surface area contributed by atoms with Gasteiger partial charge in [0.25, 0.3) is 0 Å². The van der Waals surface area contributed by atoms with E-state index >= 15 is 0 Å². The molecule has 0 spiro atoms. The molecule has 3 atom stereocenters. The molecule has 100 valence electrons. The Kier molecular flexibility index (Phi) is 3.35. The first-order valence-electron chi connectivity index (χ1n) is 7.08. The van der Waals surface area contributed by atoms with Crippen molar-refractivity contribution in [2.24, 2.45) is 0 Å². The summed E-state index contributed by atoms with van der Waals surface area (Å²) in [6, 6.07) is 0.724. The molecular formula is C13H21N3O2.